The molecule has 1 aliphatic rings. The highest BCUT2D eigenvalue weighted by molar-refractivity contribution is 6.01. The van der Waals surface area contributed by atoms with Crippen molar-refractivity contribution in [2.75, 3.05) is 4.90 Å². The second kappa shape index (κ2) is 6.55. The van der Waals surface area contributed by atoms with Gasteiger partial charge in [0.25, 0.3) is 5.91 Å². The number of aromatic amines is 1. The number of carbonyl (C=O) groups excluding carboxylic acids is 3. The van der Waals surface area contributed by atoms with E-state index in [9.17, 15) is 14.4 Å². The molecule has 2 aromatic rings. The highest BCUT2D eigenvalue weighted by Gasteiger charge is 2.34. The third kappa shape index (κ3) is 3.20. The van der Waals surface area contributed by atoms with Gasteiger partial charge in [-0.15, -0.1) is 0 Å². The number of ether oxygens (including phenoxy) is 1. The first-order valence-electron chi connectivity index (χ1n) is 8.19. The van der Waals surface area contributed by atoms with Crippen LogP contribution in [0, 0.1) is 0 Å². The lowest BCUT2D eigenvalue weighted by Gasteiger charge is -2.25. The second-order valence-electron chi connectivity index (χ2n) is 6.30. The molecule has 0 saturated carbocycles. The number of hydrogen-bond donors (Lipinski definition) is 1. The number of nitrogens with zero attached hydrogens (tertiary/aromatic N) is 1. The molecule has 130 valence electrons. The maximum absolute atomic E-state index is 12.8. The number of esters is 1. The van der Waals surface area contributed by atoms with Gasteiger partial charge in [-0.1, -0.05) is 18.2 Å². The monoisotopic (exact) mass is 340 g/mol. The van der Waals surface area contributed by atoms with E-state index in [1.54, 1.807) is 11.8 Å². The topological polar surface area (TPSA) is 79.5 Å². The lowest BCUT2D eigenvalue weighted by atomic mass is 10.1. The summed E-state index contributed by atoms with van der Waals surface area (Å²) in [5.74, 6) is -1.07. The summed E-state index contributed by atoms with van der Waals surface area (Å²) in [6, 6.07) is 9.17. The van der Waals surface area contributed by atoms with Crippen LogP contribution >= 0.6 is 0 Å². The number of nitrogens with one attached hydrogen (secondary N) is 1. The van der Waals surface area contributed by atoms with Crippen molar-refractivity contribution in [1.29, 1.82) is 0 Å². The minimum atomic E-state index is -0.926. The van der Waals surface area contributed by atoms with Crippen LogP contribution in [0.3, 0.4) is 0 Å². The first-order chi connectivity index (χ1) is 11.9. The van der Waals surface area contributed by atoms with Gasteiger partial charge in [-0.2, -0.15) is 0 Å². The summed E-state index contributed by atoms with van der Waals surface area (Å²) in [5, 5.41) is 0. The SMILES string of the molecule is CC(=O)c1c[nH]c(C(=O)O[C@H](C)C(=O)N2c3ccccc3C[C@@H]2C)c1. The Morgan fingerprint density at radius 3 is 2.68 bits per heavy atom. The first-order valence-corrected chi connectivity index (χ1v) is 8.19. The quantitative estimate of drug-likeness (QED) is 0.685. The lowest BCUT2D eigenvalue weighted by molar-refractivity contribution is -0.126. The van der Waals surface area contributed by atoms with E-state index in [2.05, 4.69) is 4.98 Å². The van der Waals surface area contributed by atoms with Crippen LogP contribution in [0.5, 0.6) is 0 Å². The number of anilines is 1. The number of hydrogen-bond acceptors (Lipinski definition) is 4. The van der Waals surface area contributed by atoms with Gasteiger partial charge in [0.2, 0.25) is 0 Å². The van der Waals surface area contributed by atoms with Crippen molar-refractivity contribution in [2.45, 2.75) is 39.3 Å². The Morgan fingerprint density at radius 1 is 1.28 bits per heavy atom. The Morgan fingerprint density at radius 2 is 2.00 bits per heavy atom. The molecule has 2 heterocycles. The molecule has 0 bridgehead atoms. The summed E-state index contributed by atoms with van der Waals surface area (Å²) < 4.78 is 5.29. The van der Waals surface area contributed by atoms with E-state index in [0.29, 0.717) is 5.56 Å². The van der Waals surface area contributed by atoms with Crippen LogP contribution in [0.1, 0.15) is 47.2 Å². The fourth-order valence-electron chi connectivity index (χ4n) is 3.09. The number of para-hydroxylation sites is 1. The van der Waals surface area contributed by atoms with Crippen molar-refractivity contribution < 1.29 is 19.1 Å². The molecule has 25 heavy (non-hydrogen) atoms. The maximum Gasteiger partial charge on any atom is 0.355 e. The number of H-pyrrole nitrogens is 1. The van der Waals surface area contributed by atoms with Crippen molar-refractivity contribution in [3.05, 3.63) is 53.3 Å². The molecular weight excluding hydrogens is 320 g/mol. The normalized spacial score (nSPS) is 17.1. The van der Waals surface area contributed by atoms with Crippen LogP contribution in [0.15, 0.2) is 36.5 Å². The number of Topliss-reactive ketones (excluding diaryl/α,β-unsaturated/α-hetero) is 1. The van der Waals surface area contributed by atoms with Crippen molar-refractivity contribution >= 4 is 23.3 Å². The number of carbonyl (C=O) groups is 3. The van der Waals surface area contributed by atoms with Crippen LogP contribution in [-0.2, 0) is 16.0 Å². The standard InChI is InChI=1S/C19H20N2O4/c1-11-8-14-6-4-5-7-17(14)21(11)18(23)13(3)25-19(24)16-9-15(10-20-16)12(2)22/h4-7,9-11,13,20H,8H2,1-3H3/t11-,13+/m0/s1. The minimum absolute atomic E-state index is 0.0147. The van der Waals surface area contributed by atoms with Gasteiger partial charge in [-0.3, -0.25) is 9.59 Å². The first kappa shape index (κ1) is 17.0. The highest BCUT2D eigenvalue weighted by Crippen LogP contribution is 2.32. The molecule has 1 aromatic heterocycles. The van der Waals surface area contributed by atoms with E-state index in [-0.39, 0.29) is 23.4 Å². The van der Waals surface area contributed by atoms with Crippen molar-refractivity contribution in [3.8, 4) is 0 Å². The van der Waals surface area contributed by atoms with Crippen LogP contribution in [0.25, 0.3) is 0 Å². The fraction of sp³-hybridized carbons (Fsp3) is 0.316. The van der Waals surface area contributed by atoms with Gasteiger partial charge in [0.1, 0.15) is 5.69 Å². The molecule has 2 atom stereocenters. The summed E-state index contributed by atoms with van der Waals surface area (Å²) in [5.41, 5.74) is 2.52. The van der Waals surface area contributed by atoms with E-state index >= 15 is 0 Å². The fourth-order valence-corrected chi connectivity index (χ4v) is 3.09. The zero-order valence-corrected chi connectivity index (χ0v) is 14.4. The van der Waals surface area contributed by atoms with Crippen LogP contribution in [0.4, 0.5) is 5.69 Å². The number of aromatic nitrogens is 1. The number of fused-ring (bicyclic) bond motifs is 1. The molecule has 0 fully saturated rings. The Labute approximate surface area is 145 Å². The highest BCUT2D eigenvalue weighted by atomic mass is 16.5. The minimum Gasteiger partial charge on any atom is -0.448 e. The number of amides is 1. The third-order valence-corrected chi connectivity index (χ3v) is 4.39. The molecule has 0 aliphatic carbocycles. The molecule has 3 rings (SSSR count). The second-order valence-corrected chi connectivity index (χ2v) is 6.30. The summed E-state index contributed by atoms with van der Waals surface area (Å²) in [6.45, 7) is 4.94. The van der Waals surface area contributed by atoms with Crippen molar-refractivity contribution in [2.24, 2.45) is 0 Å². The molecule has 6 heteroatoms. The Bertz CT molecular complexity index is 839. The average molecular weight is 340 g/mol. The van der Waals surface area contributed by atoms with Crippen LogP contribution in [-0.4, -0.2) is 34.8 Å². The molecule has 0 spiro atoms. The van der Waals surface area contributed by atoms with Gasteiger partial charge in [0.15, 0.2) is 11.9 Å². The smallest absolute Gasteiger partial charge is 0.355 e. The number of rotatable bonds is 4. The Balaban J connectivity index is 1.72. The Kier molecular flexibility index (Phi) is 4.44. The number of benzene rings is 1. The molecule has 0 unspecified atom stereocenters. The van der Waals surface area contributed by atoms with E-state index < -0.39 is 12.1 Å². The van der Waals surface area contributed by atoms with Gasteiger partial charge < -0.3 is 14.6 Å². The van der Waals surface area contributed by atoms with E-state index in [1.807, 2.05) is 31.2 Å². The summed E-state index contributed by atoms with van der Waals surface area (Å²) >= 11 is 0. The molecule has 0 saturated heterocycles. The van der Waals surface area contributed by atoms with Gasteiger partial charge in [-0.25, -0.2) is 4.79 Å². The maximum atomic E-state index is 12.8. The summed E-state index contributed by atoms with van der Waals surface area (Å²) in [6.07, 6.45) is 1.30. The van der Waals surface area contributed by atoms with Gasteiger partial charge in [0, 0.05) is 23.5 Å². The van der Waals surface area contributed by atoms with Crippen LogP contribution < -0.4 is 4.90 Å². The lowest BCUT2D eigenvalue weighted by Crippen LogP contribution is -2.43. The van der Waals surface area contributed by atoms with Crippen LogP contribution in [0.2, 0.25) is 0 Å². The average Bonchev–Trinajstić information content (AvgIpc) is 3.18. The van der Waals surface area contributed by atoms with Crippen molar-refractivity contribution in [1.82, 2.24) is 4.98 Å². The van der Waals surface area contributed by atoms with Crippen molar-refractivity contribution in [3.63, 3.8) is 0 Å². The summed E-state index contributed by atoms with van der Waals surface area (Å²) in [7, 11) is 0. The molecule has 1 amide bonds. The van der Waals surface area contributed by atoms with Gasteiger partial charge in [-0.05, 0) is 44.9 Å². The Hall–Kier alpha value is -2.89. The zero-order chi connectivity index (χ0) is 18.1. The van der Waals surface area contributed by atoms with Gasteiger partial charge in [0.05, 0.1) is 0 Å². The molecule has 1 N–H and O–H groups in total. The predicted molar refractivity (Wildman–Crippen MR) is 92.8 cm³/mol. The van der Waals surface area contributed by atoms with Gasteiger partial charge >= 0.3 is 5.97 Å². The third-order valence-electron chi connectivity index (χ3n) is 4.39. The largest absolute Gasteiger partial charge is 0.448 e. The molecular formula is C19H20N2O4. The molecule has 0 radical (unpaired) electrons. The molecule has 1 aromatic carbocycles. The van der Waals surface area contributed by atoms with E-state index in [4.69, 9.17) is 4.74 Å². The molecule has 6 nitrogen and oxygen atoms in total. The van der Waals surface area contributed by atoms with E-state index in [1.165, 1.54) is 19.2 Å². The predicted octanol–water partition coefficient (Wildman–Crippen LogP) is 2.74. The zero-order valence-electron chi connectivity index (χ0n) is 14.4. The van der Waals surface area contributed by atoms with E-state index in [0.717, 1.165) is 17.7 Å². The summed E-state index contributed by atoms with van der Waals surface area (Å²) in [4.78, 5) is 40.7. The number of ketones is 1. The molecule has 1 aliphatic heterocycles.